The fraction of sp³-hybridized carbons (Fsp3) is 0.324. The number of piperazine rings is 1. The Hall–Kier alpha value is -5.29. The van der Waals surface area contributed by atoms with Crippen molar-refractivity contribution in [3.8, 4) is 22.8 Å². The Kier molecular flexibility index (Phi) is 9.28. The van der Waals surface area contributed by atoms with Crippen LogP contribution in [0.1, 0.15) is 18.4 Å². The molecule has 0 spiro atoms. The number of benzene rings is 3. The number of ether oxygens (including phenoxy) is 3. The maximum Gasteiger partial charge on any atom is 0.410 e. The molecule has 0 unspecified atom stereocenters. The van der Waals surface area contributed by atoms with Crippen LogP contribution >= 0.6 is 0 Å². The molecule has 0 saturated carbocycles. The number of carbonyl (C=O) groups is 1. The van der Waals surface area contributed by atoms with E-state index in [1.54, 1.807) is 20.4 Å². The van der Waals surface area contributed by atoms with Crippen LogP contribution in [0, 0.1) is 0 Å². The maximum atomic E-state index is 12.6. The summed E-state index contributed by atoms with van der Waals surface area (Å²) in [6.07, 6.45) is 3.71. The van der Waals surface area contributed by atoms with Gasteiger partial charge in [-0.3, -0.25) is 4.90 Å². The standard InChI is InChI=1S/C37H41N7O4/c1-46-34-11-7-6-10-31(34)33-15-13-30-25-38-36(40-44(30)33)39-32-14-12-29(24-35(32)47-2)41-18-16-28(17-19-41)42-20-22-43(23-21-42)37(45)48-26-27-8-4-3-5-9-27/h3-15,24-25,28H,16-23,26H2,1-2H3,(H,39,40). The van der Waals surface area contributed by atoms with Crippen molar-refractivity contribution in [1.29, 1.82) is 0 Å². The largest absolute Gasteiger partial charge is 0.496 e. The van der Waals surface area contributed by atoms with E-state index in [0.29, 0.717) is 31.7 Å². The van der Waals surface area contributed by atoms with Gasteiger partial charge in [-0.25, -0.2) is 14.3 Å². The van der Waals surface area contributed by atoms with E-state index in [4.69, 9.17) is 19.3 Å². The lowest BCUT2D eigenvalue weighted by atomic mass is 10.0. The highest BCUT2D eigenvalue weighted by Crippen LogP contribution is 2.34. The van der Waals surface area contributed by atoms with Crippen molar-refractivity contribution < 1.29 is 19.0 Å². The first-order valence-corrected chi connectivity index (χ1v) is 16.5. The number of amides is 1. The number of nitrogens with zero attached hydrogens (tertiary/aromatic N) is 6. The summed E-state index contributed by atoms with van der Waals surface area (Å²) >= 11 is 0. The molecule has 2 aromatic heterocycles. The van der Waals surface area contributed by atoms with E-state index in [0.717, 1.165) is 84.2 Å². The van der Waals surface area contributed by atoms with Crippen LogP contribution in [-0.2, 0) is 11.3 Å². The molecule has 0 atom stereocenters. The van der Waals surface area contributed by atoms with Crippen LogP contribution in [0.4, 0.5) is 22.1 Å². The Morgan fingerprint density at radius 2 is 1.58 bits per heavy atom. The molecule has 7 rings (SSSR count). The smallest absolute Gasteiger partial charge is 0.410 e. The zero-order valence-electron chi connectivity index (χ0n) is 27.4. The number of hydrogen-bond donors (Lipinski definition) is 1. The van der Waals surface area contributed by atoms with Gasteiger partial charge in [0.15, 0.2) is 0 Å². The molecule has 2 fully saturated rings. The minimum atomic E-state index is -0.227. The molecule has 48 heavy (non-hydrogen) atoms. The third-order valence-electron chi connectivity index (χ3n) is 9.34. The Morgan fingerprint density at radius 3 is 2.35 bits per heavy atom. The molecule has 1 N–H and O–H groups in total. The van der Waals surface area contributed by atoms with Gasteiger partial charge in [0.2, 0.25) is 5.95 Å². The molecule has 2 saturated heterocycles. The average molecular weight is 648 g/mol. The molecule has 0 aliphatic carbocycles. The second-order valence-electron chi connectivity index (χ2n) is 12.1. The molecular formula is C37H41N7O4. The second-order valence-corrected chi connectivity index (χ2v) is 12.1. The van der Waals surface area contributed by atoms with Crippen LogP contribution in [0.25, 0.3) is 16.8 Å². The van der Waals surface area contributed by atoms with E-state index < -0.39 is 0 Å². The van der Waals surface area contributed by atoms with E-state index in [1.807, 2.05) is 82.2 Å². The van der Waals surface area contributed by atoms with E-state index in [9.17, 15) is 4.79 Å². The van der Waals surface area contributed by atoms with Gasteiger partial charge < -0.3 is 29.3 Å². The number of para-hydroxylation sites is 1. The summed E-state index contributed by atoms with van der Waals surface area (Å²) in [6, 6.07) is 28.5. The maximum absolute atomic E-state index is 12.6. The lowest BCUT2D eigenvalue weighted by Crippen LogP contribution is -2.54. The van der Waals surface area contributed by atoms with Crippen molar-refractivity contribution in [3.05, 3.63) is 96.7 Å². The van der Waals surface area contributed by atoms with Gasteiger partial charge in [-0.05, 0) is 54.8 Å². The lowest BCUT2D eigenvalue weighted by molar-refractivity contribution is 0.0554. The third kappa shape index (κ3) is 6.72. The molecule has 0 bridgehead atoms. The fourth-order valence-electron chi connectivity index (χ4n) is 6.69. The molecular weight excluding hydrogens is 606 g/mol. The molecule has 11 nitrogen and oxygen atoms in total. The summed E-state index contributed by atoms with van der Waals surface area (Å²) in [6.45, 7) is 5.36. The number of rotatable bonds is 9. The highest BCUT2D eigenvalue weighted by Gasteiger charge is 2.30. The van der Waals surface area contributed by atoms with Crippen molar-refractivity contribution in [3.63, 3.8) is 0 Å². The number of methoxy groups -OCH3 is 2. The second kappa shape index (κ2) is 14.2. The van der Waals surface area contributed by atoms with Gasteiger partial charge in [-0.15, -0.1) is 5.10 Å². The molecule has 248 valence electrons. The number of anilines is 3. The lowest BCUT2D eigenvalue weighted by Gasteiger charge is -2.43. The van der Waals surface area contributed by atoms with Crippen molar-refractivity contribution in [2.24, 2.45) is 0 Å². The van der Waals surface area contributed by atoms with E-state index >= 15 is 0 Å². The SMILES string of the molecule is COc1cc(N2CCC(N3CCN(C(=O)OCc4ccccc4)CC3)CC2)ccc1Nc1ncc2ccc(-c3ccccc3OC)n2n1. The first-order chi connectivity index (χ1) is 23.6. The van der Waals surface area contributed by atoms with Crippen LogP contribution in [-0.4, -0.2) is 90.0 Å². The predicted octanol–water partition coefficient (Wildman–Crippen LogP) is 6.08. The van der Waals surface area contributed by atoms with E-state index in [2.05, 4.69) is 32.2 Å². The molecule has 5 aromatic rings. The van der Waals surface area contributed by atoms with Gasteiger partial charge in [0.05, 0.1) is 37.3 Å². The molecule has 2 aliphatic rings. The number of piperidine rings is 1. The minimum absolute atomic E-state index is 0.227. The van der Waals surface area contributed by atoms with Gasteiger partial charge in [0.25, 0.3) is 0 Å². The van der Waals surface area contributed by atoms with Crippen LogP contribution in [0.3, 0.4) is 0 Å². The minimum Gasteiger partial charge on any atom is -0.496 e. The van der Waals surface area contributed by atoms with Crippen molar-refractivity contribution >= 4 is 28.9 Å². The summed E-state index contributed by atoms with van der Waals surface area (Å²) < 4.78 is 18.8. The van der Waals surface area contributed by atoms with E-state index in [-0.39, 0.29) is 6.09 Å². The van der Waals surface area contributed by atoms with Gasteiger partial charge in [-0.1, -0.05) is 42.5 Å². The Bertz CT molecular complexity index is 1850. The van der Waals surface area contributed by atoms with Crippen molar-refractivity contribution in [1.82, 2.24) is 24.4 Å². The monoisotopic (exact) mass is 647 g/mol. The van der Waals surface area contributed by atoms with Gasteiger partial charge in [0, 0.05) is 62.6 Å². The summed E-state index contributed by atoms with van der Waals surface area (Å²) in [5.41, 5.74) is 5.68. The van der Waals surface area contributed by atoms with Crippen molar-refractivity contribution in [2.75, 3.05) is 63.7 Å². The highest BCUT2D eigenvalue weighted by molar-refractivity contribution is 5.73. The Morgan fingerprint density at radius 1 is 0.833 bits per heavy atom. The van der Waals surface area contributed by atoms with Crippen LogP contribution in [0.5, 0.6) is 11.5 Å². The molecule has 3 aromatic carbocycles. The number of hydrogen-bond acceptors (Lipinski definition) is 9. The summed E-state index contributed by atoms with van der Waals surface area (Å²) in [5, 5.41) is 8.16. The topological polar surface area (TPSA) is 96.7 Å². The molecule has 11 heteroatoms. The zero-order valence-corrected chi connectivity index (χ0v) is 27.4. The van der Waals surface area contributed by atoms with Crippen LogP contribution in [0.2, 0.25) is 0 Å². The zero-order chi connectivity index (χ0) is 32.9. The first-order valence-electron chi connectivity index (χ1n) is 16.5. The summed E-state index contributed by atoms with van der Waals surface area (Å²) in [4.78, 5) is 24.0. The van der Waals surface area contributed by atoms with Crippen LogP contribution < -0.4 is 19.7 Å². The first kappa shape index (κ1) is 31.3. The van der Waals surface area contributed by atoms with Crippen molar-refractivity contribution in [2.45, 2.75) is 25.5 Å². The quantitative estimate of drug-likeness (QED) is 0.204. The molecule has 1 amide bonds. The molecule has 0 radical (unpaired) electrons. The predicted molar refractivity (Wildman–Crippen MR) is 186 cm³/mol. The summed E-state index contributed by atoms with van der Waals surface area (Å²) in [5.74, 6) is 1.98. The number of nitrogens with one attached hydrogen (secondary N) is 1. The Labute approximate surface area is 280 Å². The Balaban J connectivity index is 0.944. The average Bonchev–Trinajstić information content (AvgIpc) is 3.57. The van der Waals surface area contributed by atoms with Gasteiger partial charge in [-0.2, -0.15) is 0 Å². The molecule has 2 aliphatic heterocycles. The van der Waals surface area contributed by atoms with Crippen LogP contribution in [0.15, 0.2) is 91.1 Å². The highest BCUT2D eigenvalue weighted by atomic mass is 16.6. The summed E-state index contributed by atoms with van der Waals surface area (Å²) in [7, 11) is 3.36. The third-order valence-corrected chi connectivity index (χ3v) is 9.34. The number of fused-ring (bicyclic) bond motifs is 1. The van der Waals surface area contributed by atoms with Gasteiger partial charge >= 0.3 is 6.09 Å². The number of aromatic nitrogens is 3. The fourth-order valence-corrected chi connectivity index (χ4v) is 6.69. The molecule has 4 heterocycles. The normalized spacial score (nSPS) is 15.8. The van der Waals surface area contributed by atoms with Gasteiger partial charge in [0.1, 0.15) is 18.1 Å². The number of carbonyl (C=O) groups excluding carboxylic acids is 1. The van der Waals surface area contributed by atoms with E-state index in [1.165, 1.54) is 0 Å².